The van der Waals surface area contributed by atoms with Gasteiger partial charge in [0.2, 0.25) is 0 Å². The molecule has 2 N–H and O–H groups in total. The Balaban J connectivity index is 1.51. The molecule has 28 heavy (non-hydrogen) atoms. The molecule has 2 aliphatic rings. The Labute approximate surface area is 165 Å². The topological polar surface area (TPSA) is 91.8 Å². The van der Waals surface area contributed by atoms with Gasteiger partial charge in [0.05, 0.1) is 22.8 Å². The van der Waals surface area contributed by atoms with Gasteiger partial charge >= 0.3 is 5.97 Å². The van der Waals surface area contributed by atoms with Gasteiger partial charge in [-0.25, -0.2) is 19.3 Å². The predicted molar refractivity (Wildman–Crippen MR) is 101 cm³/mol. The van der Waals surface area contributed by atoms with Crippen LogP contribution in [0, 0.1) is 29.5 Å². The molecular formula is C20H18ClFN4O2. The van der Waals surface area contributed by atoms with E-state index in [1.807, 2.05) is 0 Å². The zero-order chi connectivity index (χ0) is 19.4. The number of carbonyl (C=O) groups is 1. The molecule has 3 aromatic heterocycles. The van der Waals surface area contributed by atoms with Gasteiger partial charge in [0.25, 0.3) is 0 Å². The van der Waals surface area contributed by atoms with Gasteiger partial charge in [-0.05, 0) is 49.5 Å². The molecule has 0 spiro atoms. The second kappa shape index (κ2) is 6.51. The molecule has 6 nitrogen and oxygen atoms in total. The van der Waals surface area contributed by atoms with E-state index in [1.54, 1.807) is 18.5 Å². The van der Waals surface area contributed by atoms with Crippen LogP contribution in [0.1, 0.15) is 25.0 Å². The number of H-pyrrole nitrogens is 1. The third kappa shape index (κ3) is 2.76. The number of carboxylic acid groups (broad SMARTS) is 1. The third-order valence-electron chi connectivity index (χ3n) is 6.36. The number of pyridine rings is 1. The fourth-order valence-corrected chi connectivity index (χ4v) is 5.31. The van der Waals surface area contributed by atoms with Crippen LogP contribution < -0.4 is 0 Å². The van der Waals surface area contributed by atoms with Crippen molar-refractivity contribution in [3.8, 4) is 11.4 Å². The molecule has 2 aliphatic carbocycles. The highest BCUT2D eigenvalue weighted by molar-refractivity contribution is 6.31. The number of aromatic amines is 1. The fraction of sp³-hybridized carbons (Fsp3) is 0.400. The zero-order valence-electron chi connectivity index (χ0n) is 14.9. The largest absolute Gasteiger partial charge is 0.481 e. The van der Waals surface area contributed by atoms with Crippen molar-refractivity contribution in [1.29, 1.82) is 0 Å². The minimum absolute atomic E-state index is 0.0763. The van der Waals surface area contributed by atoms with E-state index in [0.29, 0.717) is 34.4 Å². The number of hydrogen-bond acceptors (Lipinski definition) is 4. The summed E-state index contributed by atoms with van der Waals surface area (Å²) in [5, 5.41) is 10.9. The lowest BCUT2D eigenvalue weighted by molar-refractivity contribution is -0.145. The fourth-order valence-electron chi connectivity index (χ4n) is 5.15. The highest BCUT2D eigenvalue weighted by Crippen LogP contribution is 2.53. The number of nitrogens with one attached hydrogen (secondary N) is 1. The molecule has 3 aromatic rings. The van der Waals surface area contributed by atoms with Gasteiger partial charge in [-0.15, -0.1) is 0 Å². The van der Waals surface area contributed by atoms with Crippen molar-refractivity contribution < 1.29 is 14.3 Å². The monoisotopic (exact) mass is 400 g/mol. The lowest BCUT2D eigenvalue weighted by Gasteiger charge is -2.27. The Hall–Kier alpha value is -2.54. The number of carboxylic acids is 1. The Bertz CT molecular complexity index is 1090. The first-order valence-electron chi connectivity index (χ1n) is 9.38. The zero-order valence-corrected chi connectivity index (χ0v) is 15.7. The van der Waals surface area contributed by atoms with Crippen LogP contribution in [0.25, 0.3) is 22.4 Å². The molecular weight excluding hydrogens is 383 g/mol. The van der Waals surface area contributed by atoms with E-state index < -0.39 is 17.7 Å². The summed E-state index contributed by atoms with van der Waals surface area (Å²) in [6.07, 6.45) is 7.65. The van der Waals surface area contributed by atoms with Crippen LogP contribution in [0.4, 0.5) is 4.39 Å². The lowest BCUT2D eigenvalue weighted by atomic mass is 9.77. The summed E-state index contributed by atoms with van der Waals surface area (Å²) in [5.41, 5.74) is 1.61. The molecule has 0 saturated heterocycles. The summed E-state index contributed by atoms with van der Waals surface area (Å²) in [5.74, 6) is -0.836. The highest BCUT2D eigenvalue weighted by atomic mass is 35.5. The molecule has 4 atom stereocenters. The summed E-state index contributed by atoms with van der Waals surface area (Å²) in [6.45, 7) is 0. The van der Waals surface area contributed by atoms with Crippen molar-refractivity contribution in [2.75, 3.05) is 0 Å². The minimum Gasteiger partial charge on any atom is -0.481 e. The van der Waals surface area contributed by atoms with Gasteiger partial charge in [-0.2, -0.15) is 0 Å². The van der Waals surface area contributed by atoms with Crippen molar-refractivity contribution in [3.63, 3.8) is 0 Å². The van der Waals surface area contributed by atoms with E-state index in [-0.39, 0.29) is 17.5 Å². The molecule has 0 amide bonds. The van der Waals surface area contributed by atoms with Crippen LogP contribution in [0.2, 0.25) is 5.02 Å². The SMILES string of the molecule is O=C(O)[C@H]1C(Cc2nc(-c3c[nH]c4ncc(Cl)cc34)ncc2F)[C@H]2CC[C@@H]1C2. The van der Waals surface area contributed by atoms with E-state index in [0.717, 1.165) is 30.8 Å². The van der Waals surface area contributed by atoms with E-state index in [1.165, 1.54) is 0 Å². The summed E-state index contributed by atoms with van der Waals surface area (Å²) in [4.78, 5) is 27.6. The van der Waals surface area contributed by atoms with Gasteiger partial charge in [0.1, 0.15) is 5.65 Å². The molecule has 8 heteroatoms. The van der Waals surface area contributed by atoms with Crippen molar-refractivity contribution in [2.45, 2.75) is 25.7 Å². The summed E-state index contributed by atoms with van der Waals surface area (Å²) in [6, 6.07) is 1.76. The Morgan fingerprint density at radius 2 is 2.11 bits per heavy atom. The van der Waals surface area contributed by atoms with Crippen LogP contribution in [-0.4, -0.2) is 31.0 Å². The molecule has 2 saturated carbocycles. The number of fused-ring (bicyclic) bond motifs is 3. The third-order valence-corrected chi connectivity index (χ3v) is 6.56. The van der Waals surface area contributed by atoms with Gasteiger partial charge in [0.15, 0.2) is 11.6 Å². The lowest BCUT2D eigenvalue weighted by Crippen LogP contribution is -2.31. The quantitative estimate of drug-likeness (QED) is 0.687. The molecule has 3 heterocycles. The van der Waals surface area contributed by atoms with E-state index in [9.17, 15) is 14.3 Å². The maximum atomic E-state index is 14.5. The maximum absolute atomic E-state index is 14.5. The second-order valence-corrected chi connectivity index (χ2v) is 8.24. The minimum atomic E-state index is -0.774. The van der Waals surface area contributed by atoms with Crippen molar-refractivity contribution in [2.24, 2.45) is 23.7 Å². The van der Waals surface area contributed by atoms with E-state index in [2.05, 4.69) is 19.9 Å². The van der Waals surface area contributed by atoms with Gasteiger partial charge in [-0.3, -0.25) is 4.79 Å². The second-order valence-electron chi connectivity index (χ2n) is 7.81. The van der Waals surface area contributed by atoms with Crippen LogP contribution in [0.5, 0.6) is 0 Å². The van der Waals surface area contributed by atoms with Gasteiger partial charge in [0, 0.05) is 23.3 Å². The number of nitrogens with zero attached hydrogens (tertiary/aromatic N) is 3. The van der Waals surface area contributed by atoms with Gasteiger partial charge < -0.3 is 10.1 Å². The normalized spacial score (nSPS) is 26.2. The molecule has 2 bridgehead atoms. The average Bonchev–Trinajstić information content (AvgIpc) is 3.37. The number of aliphatic carboxylic acids is 1. The number of hydrogen-bond donors (Lipinski definition) is 2. The number of aromatic nitrogens is 4. The summed E-state index contributed by atoms with van der Waals surface area (Å²) in [7, 11) is 0. The van der Waals surface area contributed by atoms with E-state index >= 15 is 0 Å². The molecule has 5 rings (SSSR count). The molecule has 1 unspecified atom stereocenters. The maximum Gasteiger partial charge on any atom is 0.307 e. The van der Waals surface area contributed by atoms with Crippen LogP contribution in [-0.2, 0) is 11.2 Å². The Kier molecular flexibility index (Phi) is 4.08. The highest BCUT2D eigenvalue weighted by Gasteiger charge is 2.51. The molecule has 0 aliphatic heterocycles. The Morgan fingerprint density at radius 1 is 1.29 bits per heavy atom. The first-order valence-corrected chi connectivity index (χ1v) is 9.76. The van der Waals surface area contributed by atoms with Crippen molar-refractivity contribution in [3.05, 3.63) is 41.2 Å². The number of halogens is 2. The summed E-state index contributed by atoms with van der Waals surface area (Å²) >= 11 is 6.05. The van der Waals surface area contributed by atoms with Crippen LogP contribution >= 0.6 is 11.6 Å². The molecule has 2 fully saturated rings. The molecule has 0 aromatic carbocycles. The van der Waals surface area contributed by atoms with Crippen molar-refractivity contribution >= 4 is 28.6 Å². The standard InChI is InChI=1S/C20H18ClFN4O2/c21-11-4-13-14(7-24-18(13)23-6-11)19-25-8-15(22)16(26-19)5-12-9-1-2-10(3-9)17(12)20(27)28/h4,6-10,12,17H,1-3,5H2,(H,23,24)(H,27,28)/t9-,10+,12?,17+/m0/s1. The van der Waals surface area contributed by atoms with Crippen LogP contribution in [0.3, 0.4) is 0 Å². The Morgan fingerprint density at radius 3 is 2.93 bits per heavy atom. The smallest absolute Gasteiger partial charge is 0.307 e. The predicted octanol–water partition coefficient (Wildman–Crippen LogP) is 4.10. The molecule has 0 radical (unpaired) electrons. The number of rotatable bonds is 4. The van der Waals surface area contributed by atoms with Crippen LogP contribution in [0.15, 0.2) is 24.7 Å². The first kappa shape index (κ1) is 17.6. The first-order chi connectivity index (χ1) is 13.5. The average molecular weight is 401 g/mol. The summed E-state index contributed by atoms with van der Waals surface area (Å²) < 4.78 is 14.5. The van der Waals surface area contributed by atoms with E-state index in [4.69, 9.17) is 11.6 Å². The van der Waals surface area contributed by atoms with Crippen molar-refractivity contribution in [1.82, 2.24) is 19.9 Å². The molecule has 144 valence electrons. The van der Waals surface area contributed by atoms with Gasteiger partial charge in [-0.1, -0.05) is 11.6 Å².